The lowest BCUT2D eigenvalue weighted by atomic mass is 9.98. The second-order valence-corrected chi connectivity index (χ2v) is 28.4. The molecule has 0 aromatic heterocycles. The Morgan fingerprint density at radius 1 is 0.621 bits per heavy atom. The van der Waals surface area contributed by atoms with Crippen molar-refractivity contribution in [1.82, 2.24) is 10.2 Å². The molecule has 9 unspecified atom stereocenters. The molecular weight excluding hydrogens is 1550 g/mol. The molecule has 5 aromatic carbocycles. The number of rotatable bonds is 42. The zero-order valence-corrected chi connectivity index (χ0v) is 65.0. The van der Waals surface area contributed by atoms with Gasteiger partial charge in [0, 0.05) is 87.1 Å². The van der Waals surface area contributed by atoms with Crippen LogP contribution in [0.4, 0.5) is 35.9 Å². The van der Waals surface area contributed by atoms with Gasteiger partial charge in [0.25, 0.3) is 16.0 Å². The molecule has 1 saturated heterocycles. The number of fused-ring (bicyclic) bond motifs is 1. The van der Waals surface area contributed by atoms with Gasteiger partial charge in [-0.15, -0.1) is 0 Å². The average molecular weight is 1650 g/mol. The number of phenolic OH excluding ortho intramolecular Hbond substituents is 1. The van der Waals surface area contributed by atoms with Crippen LogP contribution in [0.2, 0.25) is 0 Å². The lowest BCUT2D eigenvalue weighted by Gasteiger charge is -2.28. The molecule has 5 aromatic rings. The smallest absolute Gasteiger partial charge is 0.490 e. The van der Waals surface area contributed by atoms with Crippen molar-refractivity contribution in [3.05, 3.63) is 120 Å². The summed E-state index contributed by atoms with van der Waals surface area (Å²) in [6, 6.07) is 16.4. The SMILES string of the molecule is CCC(C)C(N=C(O)C1CCCN1C(=O)C(Cc1ccc(O)cc1)N=C(O)C(CC(=N)O)N=C(O)C(CCC(=N)O)N=C(O)C(CO)N=C(O)CCCNC(=O)c1ccc(N=Nc2ccc(N(C)C)cc2)cc1)C(O)=NC(C(O)=NC(CCC(=N)O)C(O)=NCCNc1cccc2c(S(=O)(=O)O)cccc12)C(C)C.O=C(O)C(F)(F)F. The third-order valence-electron chi connectivity index (χ3n) is 17.6. The Labute approximate surface area is 664 Å². The van der Waals surface area contributed by atoms with Gasteiger partial charge in [0.15, 0.2) is 29.6 Å². The highest BCUT2D eigenvalue weighted by Crippen LogP contribution is 2.30. The number of azo groups is 1. The fourth-order valence-electron chi connectivity index (χ4n) is 11.3. The molecule has 0 aliphatic carbocycles. The first-order valence-corrected chi connectivity index (χ1v) is 37.7. The summed E-state index contributed by atoms with van der Waals surface area (Å²) in [5.74, 6) is -14.4. The Morgan fingerprint density at radius 3 is 1.71 bits per heavy atom. The van der Waals surface area contributed by atoms with E-state index in [4.69, 9.17) is 26.1 Å². The number of benzene rings is 5. The fraction of sp³-hybridized carbons (Fsp3) is 0.440. The number of anilines is 2. The summed E-state index contributed by atoms with van der Waals surface area (Å²) in [6.45, 7) is 5.81. The van der Waals surface area contributed by atoms with Crippen molar-refractivity contribution in [2.75, 3.05) is 57.1 Å². The predicted octanol–water partition coefficient (Wildman–Crippen LogP) is 11.2. The largest absolute Gasteiger partial charge is 0.508 e. The lowest BCUT2D eigenvalue weighted by Crippen LogP contribution is -2.47. The van der Waals surface area contributed by atoms with Crippen LogP contribution in [0.15, 0.2) is 164 Å². The number of aliphatic hydroxyl groups excluding tert-OH is 12. The predicted molar refractivity (Wildman–Crippen MR) is 433 cm³/mol. The molecule has 1 aliphatic rings. The van der Waals surface area contributed by atoms with Crippen LogP contribution in [0.3, 0.4) is 0 Å². The number of halogens is 3. The highest BCUT2D eigenvalue weighted by molar-refractivity contribution is 7.86. The maximum absolute atomic E-state index is 15.0. The second-order valence-electron chi connectivity index (χ2n) is 27.1. The fourth-order valence-corrected chi connectivity index (χ4v) is 12.0. The molecule has 20 N–H and O–H groups in total. The number of aliphatic hydroxyl groups is 12. The van der Waals surface area contributed by atoms with E-state index in [-0.39, 0.29) is 87.2 Å². The number of aromatic hydroxyl groups is 1. The summed E-state index contributed by atoms with van der Waals surface area (Å²) in [4.78, 5) is 73.5. The number of carbonyl (C=O) groups excluding carboxylic acids is 2. The van der Waals surface area contributed by atoms with Gasteiger partial charge in [-0.1, -0.05) is 70.5 Å². The zero-order valence-electron chi connectivity index (χ0n) is 64.1. The molecule has 0 saturated carbocycles. The number of likely N-dealkylation sites (tertiary alicyclic amines) is 1. The van der Waals surface area contributed by atoms with Crippen molar-refractivity contribution in [3.8, 4) is 5.75 Å². The summed E-state index contributed by atoms with van der Waals surface area (Å²) in [6.07, 6.45) is -7.08. The number of nitrogens with one attached hydrogen (secondary N) is 5. The quantitative estimate of drug-likeness (QED) is 0.00567. The van der Waals surface area contributed by atoms with E-state index in [2.05, 4.69) is 60.8 Å². The van der Waals surface area contributed by atoms with E-state index in [1.807, 2.05) is 43.3 Å². The second kappa shape index (κ2) is 44.9. The van der Waals surface area contributed by atoms with Crippen LogP contribution in [-0.4, -0.2) is 273 Å². The molecular formula is C75H98F3N17O20S. The molecule has 41 heteroatoms. The number of carboxylic acids is 1. The maximum atomic E-state index is 15.0. The van der Waals surface area contributed by atoms with Gasteiger partial charge in [0.05, 0.1) is 30.9 Å². The van der Waals surface area contributed by atoms with Crippen LogP contribution in [0.25, 0.3) is 10.8 Å². The number of aliphatic carboxylic acids is 1. The number of hydrogen-bond donors (Lipinski definition) is 20. The van der Waals surface area contributed by atoms with Crippen molar-refractivity contribution in [2.24, 2.45) is 62.0 Å². The summed E-state index contributed by atoms with van der Waals surface area (Å²) >= 11 is 0. The molecule has 9 atom stereocenters. The van der Waals surface area contributed by atoms with Gasteiger partial charge in [0.2, 0.25) is 47.2 Å². The molecule has 630 valence electrons. The molecule has 1 heterocycles. The van der Waals surface area contributed by atoms with Crippen molar-refractivity contribution in [2.45, 2.75) is 158 Å². The summed E-state index contributed by atoms with van der Waals surface area (Å²) in [7, 11) is -0.705. The van der Waals surface area contributed by atoms with Crippen LogP contribution in [-0.2, 0) is 26.1 Å². The highest BCUT2D eigenvalue weighted by atomic mass is 32.2. The third kappa shape index (κ3) is 30.2. The number of carbonyl (C=O) groups is 3. The van der Waals surface area contributed by atoms with Crippen LogP contribution in [0.5, 0.6) is 5.75 Å². The number of carboxylic acid groups (broad SMARTS) is 1. The van der Waals surface area contributed by atoms with Gasteiger partial charge in [-0.05, 0) is 122 Å². The van der Waals surface area contributed by atoms with E-state index >= 15 is 4.79 Å². The van der Waals surface area contributed by atoms with Crippen molar-refractivity contribution >= 4 is 126 Å². The van der Waals surface area contributed by atoms with E-state index in [0.717, 1.165) is 5.69 Å². The summed E-state index contributed by atoms with van der Waals surface area (Å²) in [5, 5.41) is 188. The molecule has 0 radical (unpaired) electrons. The monoisotopic (exact) mass is 1650 g/mol. The molecule has 0 spiro atoms. The lowest BCUT2D eigenvalue weighted by molar-refractivity contribution is -0.192. The number of aliphatic imine (C=N–C) groups is 8. The van der Waals surface area contributed by atoms with Crippen LogP contribution in [0.1, 0.15) is 108 Å². The van der Waals surface area contributed by atoms with Crippen LogP contribution < -0.4 is 15.5 Å². The first-order valence-electron chi connectivity index (χ1n) is 36.3. The molecule has 2 amide bonds. The number of nitrogens with zero attached hydrogens (tertiary/aromatic N) is 12. The molecule has 6 rings (SSSR count). The third-order valence-corrected chi connectivity index (χ3v) is 18.5. The zero-order chi connectivity index (χ0) is 86.3. The minimum Gasteiger partial charge on any atom is -0.508 e. The molecule has 1 aliphatic heterocycles. The Bertz CT molecular complexity index is 4600. The maximum Gasteiger partial charge on any atom is 0.490 e. The van der Waals surface area contributed by atoms with Crippen molar-refractivity contribution < 1.29 is 112 Å². The molecule has 37 nitrogen and oxygen atoms in total. The minimum absolute atomic E-state index is 0.0185. The molecule has 1 fully saturated rings. The Kier molecular flexibility index (Phi) is 36.5. The van der Waals surface area contributed by atoms with E-state index in [9.17, 15) is 97.3 Å². The van der Waals surface area contributed by atoms with Gasteiger partial charge < -0.3 is 91.9 Å². The minimum atomic E-state index is -5.08. The van der Waals surface area contributed by atoms with E-state index in [1.54, 1.807) is 70.2 Å². The Hall–Kier alpha value is -12.4. The topological polar surface area (TPSA) is 614 Å². The number of hydrogen-bond acceptors (Lipinski definition) is 22. The molecule has 0 bridgehead atoms. The average Bonchev–Trinajstić information content (AvgIpc) is 1.14. The summed E-state index contributed by atoms with van der Waals surface area (Å²) in [5.41, 5.74) is 3.33. The van der Waals surface area contributed by atoms with E-state index in [0.29, 0.717) is 40.0 Å². The Morgan fingerprint density at radius 2 is 1.16 bits per heavy atom. The van der Waals surface area contributed by atoms with Crippen molar-refractivity contribution in [3.63, 3.8) is 0 Å². The Balaban J connectivity index is 0.00000327. The standard InChI is InChI=1S/C73H97N17O18S.C2HF3O2/c1-7-42(4)64(72(104)85-63(41(2)3)71(103)82-52(30-32-59(74)93)66(98)79-36-35-77-51-14-8-13-50-49(51)12-9-16-58(50)109(106,107)108)86-70(102)57-15-11-37-90(57)73(105)55(38-43-18-28-48(92)29-19-43)84-68(100)54(39-61(76)95)83-67(99)53(31-33-60(75)94)81-69(101)56(40-91)80-62(96)17-10-34-78-65(97)44-20-22-45(23-21-44)87-88-46-24-26-47(27-25-46)89(5)6;3-2(4,5)1(6)7/h8-9,12-14,16,18-29,41-42,52-57,63-64,77,91-92H,7,10-11,15,17,30-40H2,1-6H3,(H2,74,93)(H2,75,94)(H2,76,95)(H,78,97)(H,79,98)(H,80,96)(H,81,101)(H,82,103)(H,83,99)(H,84,100)(H,85,104)(H,86,102)(H,106,107,108);(H,6,7). The van der Waals surface area contributed by atoms with Gasteiger partial charge in [-0.2, -0.15) is 31.8 Å². The highest BCUT2D eigenvalue weighted by Gasteiger charge is 2.40. The number of alkyl halides is 3. The van der Waals surface area contributed by atoms with Gasteiger partial charge in [0.1, 0.15) is 52.9 Å². The number of amides is 2. The van der Waals surface area contributed by atoms with Crippen LogP contribution in [0, 0.1) is 28.1 Å². The number of phenols is 1. The summed E-state index contributed by atoms with van der Waals surface area (Å²) < 4.78 is 65.6. The first kappa shape index (κ1) is 94.2. The molecule has 116 heavy (non-hydrogen) atoms. The van der Waals surface area contributed by atoms with E-state index in [1.165, 1.54) is 47.4 Å². The normalized spacial score (nSPS) is 16.5. The van der Waals surface area contributed by atoms with Crippen molar-refractivity contribution in [1.29, 1.82) is 16.2 Å². The van der Waals surface area contributed by atoms with Gasteiger partial charge in [-0.25, -0.2) is 39.7 Å². The van der Waals surface area contributed by atoms with Crippen LogP contribution >= 0.6 is 0 Å². The van der Waals surface area contributed by atoms with Gasteiger partial charge in [-0.3, -0.25) is 35.4 Å². The first-order chi connectivity index (χ1) is 54.6. The van der Waals surface area contributed by atoms with E-state index < -0.39 is 185 Å². The van der Waals surface area contributed by atoms with Gasteiger partial charge >= 0.3 is 12.1 Å².